The minimum Gasteiger partial charge on any atom is -0.289 e. The van der Waals surface area contributed by atoms with Crippen LogP contribution in [0.15, 0.2) is 46.9 Å². The topological polar surface area (TPSA) is 63.2 Å². The molecule has 0 fully saturated rings. The van der Waals surface area contributed by atoms with Crippen LogP contribution in [0.25, 0.3) is 0 Å². The molecule has 0 aliphatic carbocycles. The number of carbonyl (C=O) groups excluding carboxylic acids is 1. The number of halogens is 2. The number of carbonyl (C=O) groups is 1. The minimum atomic E-state index is -3.38. The molecule has 2 aromatic rings. The highest BCUT2D eigenvalue weighted by Crippen LogP contribution is 2.24. The van der Waals surface area contributed by atoms with Crippen molar-refractivity contribution in [3.05, 3.63) is 63.9 Å². The lowest BCUT2D eigenvalue weighted by atomic mass is 10.0. The Morgan fingerprint density at radius 3 is 2.29 bits per heavy atom. The first-order chi connectivity index (χ1) is 9.76. The summed E-state index contributed by atoms with van der Waals surface area (Å²) in [5.74, 6) is -0.703. The fourth-order valence-electron chi connectivity index (χ4n) is 1.73. The van der Waals surface area contributed by atoms with Gasteiger partial charge in [0.2, 0.25) is 10.0 Å². The van der Waals surface area contributed by atoms with Crippen LogP contribution in [0.4, 0.5) is 10.1 Å². The minimum absolute atomic E-state index is 0.284. The van der Waals surface area contributed by atoms with Crippen molar-refractivity contribution >= 4 is 37.4 Å². The molecule has 0 amide bonds. The lowest BCUT2D eigenvalue weighted by Crippen LogP contribution is -2.10. The predicted molar refractivity (Wildman–Crippen MR) is 82.4 cm³/mol. The van der Waals surface area contributed by atoms with E-state index in [0.717, 1.165) is 6.26 Å². The molecule has 0 atom stereocenters. The van der Waals surface area contributed by atoms with E-state index < -0.39 is 15.8 Å². The van der Waals surface area contributed by atoms with E-state index in [9.17, 15) is 17.6 Å². The van der Waals surface area contributed by atoms with Gasteiger partial charge in [0, 0.05) is 21.3 Å². The molecule has 110 valence electrons. The van der Waals surface area contributed by atoms with Gasteiger partial charge in [-0.3, -0.25) is 9.52 Å². The first kappa shape index (κ1) is 15.7. The first-order valence-corrected chi connectivity index (χ1v) is 8.52. The van der Waals surface area contributed by atoms with Gasteiger partial charge in [-0.2, -0.15) is 0 Å². The maximum Gasteiger partial charge on any atom is 0.229 e. The number of ketones is 1. The molecule has 0 unspecified atom stereocenters. The third kappa shape index (κ3) is 4.12. The van der Waals surface area contributed by atoms with E-state index in [4.69, 9.17) is 0 Å². The first-order valence-electron chi connectivity index (χ1n) is 5.84. The Labute approximate surface area is 130 Å². The summed E-state index contributed by atoms with van der Waals surface area (Å²) in [4.78, 5) is 12.3. The van der Waals surface area contributed by atoms with Crippen molar-refractivity contribution in [2.45, 2.75) is 0 Å². The van der Waals surface area contributed by atoms with Gasteiger partial charge in [-0.15, -0.1) is 0 Å². The van der Waals surface area contributed by atoms with Crippen LogP contribution in [-0.4, -0.2) is 20.5 Å². The van der Waals surface area contributed by atoms with Crippen LogP contribution in [0.3, 0.4) is 0 Å². The summed E-state index contributed by atoms with van der Waals surface area (Å²) in [6, 6.07) is 9.70. The second kappa shape index (κ2) is 5.95. The van der Waals surface area contributed by atoms with Crippen molar-refractivity contribution in [3.63, 3.8) is 0 Å². The molecule has 0 aromatic heterocycles. The van der Waals surface area contributed by atoms with Crippen molar-refractivity contribution in [1.82, 2.24) is 0 Å². The number of nitrogens with one attached hydrogen (secondary N) is 1. The Bertz CT molecular complexity index is 788. The molecule has 0 saturated carbocycles. The highest BCUT2D eigenvalue weighted by Gasteiger charge is 2.14. The molecular formula is C14H11BrFNO3S. The van der Waals surface area contributed by atoms with Crippen molar-refractivity contribution in [1.29, 1.82) is 0 Å². The molecule has 0 heterocycles. The van der Waals surface area contributed by atoms with Gasteiger partial charge in [0.15, 0.2) is 5.78 Å². The monoisotopic (exact) mass is 371 g/mol. The zero-order valence-corrected chi connectivity index (χ0v) is 13.3. The average molecular weight is 372 g/mol. The normalized spacial score (nSPS) is 11.2. The molecule has 0 aliphatic rings. The fourth-order valence-corrected chi connectivity index (χ4v) is 2.85. The lowest BCUT2D eigenvalue weighted by Gasteiger charge is -2.08. The summed E-state index contributed by atoms with van der Waals surface area (Å²) in [6.45, 7) is 0. The standard InChI is InChI=1S/C14H11BrFNO3S/c1-21(19,20)17-11-6-7-12(13(15)8-11)14(18)9-2-4-10(16)5-3-9/h2-8,17H,1H3. The van der Waals surface area contributed by atoms with Gasteiger partial charge < -0.3 is 0 Å². The second-order valence-electron chi connectivity index (χ2n) is 4.40. The largest absolute Gasteiger partial charge is 0.289 e. The van der Waals surface area contributed by atoms with Gasteiger partial charge in [-0.05, 0) is 58.4 Å². The van der Waals surface area contributed by atoms with Gasteiger partial charge in [-0.25, -0.2) is 12.8 Å². The Balaban J connectivity index is 2.32. The van der Waals surface area contributed by atoms with Crippen LogP contribution in [0.1, 0.15) is 15.9 Å². The van der Waals surface area contributed by atoms with E-state index in [2.05, 4.69) is 20.7 Å². The van der Waals surface area contributed by atoms with Crippen LogP contribution < -0.4 is 4.72 Å². The quantitative estimate of drug-likeness (QED) is 0.839. The van der Waals surface area contributed by atoms with Crippen LogP contribution >= 0.6 is 15.9 Å². The Morgan fingerprint density at radius 2 is 1.76 bits per heavy atom. The van der Waals surface area contributed by atoms with Gasteiger partial charge in [-0.1, -0.05) is 0 Å². The van der Waals surface area contributed by atoms with Crippen LogP contribution in [-0.2, 0) is 10.0 Å². The highest BCUT2D eigenvalue weighted by molar-refractivity contribution is 9.10. The predicted octanol–water partition coefficient (Wildman–Crippen LogP) is 3.19. The molecule has 0 bridgehead atoms. The maximum absolute atomic E-state index is 12.9. The SMILES string of the molecule is CS(=O)(=O)Nc1ccc(C(=O)c2ccc(F)cc2)c(Br)c1. The number of rotatable bonds is 4. The van der Waals surface area contributed by atoms with Gasteiger partial charge >= 0.3 is 0 Å². The zero-order chi connectivity index (χ0) is 15.6. The molecule has 0 radical (unpaired) electrons. The van der Waals surface area contributed by atoms with Crippen molar-refractivity contribution in [3.8, 4) is 0 Å². The number of anilines is 1. The molecular weight excluding hydrogens is 361 g/mol. The fraction of sp³-hybridized carbons (Fsp3) is 0.0714. The van der Waals surface area contributed by atoms with Gasteiger partial charge in [0.1, 0.15) is 5.82 Å². The smallest absolute Gasteiger partial charge is 0.229 e. The third-order valence-corrected chi connectivity index (χ3v) is 3.89. The summed E-state index contributed by atoms with van der Waals surface area (Å²) in [6.07, 6.45) is 1.04. The Kier molecular flexibility index (Phi) is 4.43. The Morgan fingerprint density at radius 1 is 1.14 bits per heavy atom. The lowest BCUT2D eigenvalue weighted by molar-refractivity contribution is 0.103. The van der Waals surface area contributed by atoms with E-state index in [-0.39, 0.29) is 5.78 Å². The van der Waals surface area contributed by atoms with E-state index in [1.54, 1.807) is 0 Å². The van der Waals surface area contributed by atoms with E-state index in [1.807, 2.05) is 0 Å². The molecule has 2 aromatic carbocycles. The summed E-state index contributed by atoms with van der Waals surface area (Å²) in [5.41, 5.74) is 1.06. The maximum atomic E-state index is 12.9. The van der Waals surface area contributed by atoms with E-state index in [1.165, 1.54) is 42.5 Å². The summed E-state index contributed by atoms with van der Waals surface area (Å²) >= 11 is 3.24. The number of hydrogen-bond donors (Lipinski definition) is 1. The summed E-state index contributed by atoms with van der Waals surface area (Å²) in [5, 5.41) is 0. The van der Waals surface area contributed by atoms with Crippen molar-refractivity contribution in [2.24, 2.45) is 0 Å². The van der Waals surface area contributed by atoms with Crippen molar-refractivity contribution in [2.75, 3.05) is 11.0 Å². The molecule has 0 saturated heterocycles. The summed E-state index contributed by atoms with van der Waals surface area (Å²) < 4.78 is 37.9. The molecule has 7 heteroatoms. The van der Waals surface area contributed by atoms with E-state index in [0.29, 0.717) is 21.3 Å². The summed E-state index contributed by atoms with van der Waals surface area (Å²) in [7, 11) is -3.38. The number of sulfonamides is 1. The molecule has 4 nitrogen and oxygen atoms in total. The van der Waals surface area contributed by atoms with E-state index >= 15 is 0 Å². The molecule has 0 spiro atoms. The zero-order valence-electron chi connectivity index (χ0n) is 10.9. The van der Waals surface area contributed by atoms with Gasteiger partial charge in [0.05, 0.1) is 6.26 Å². The molecule has 1 N–H and O–H groups in total. The van der Waals surface area contributed by atoms with Crippen LogP contribution in [0, 0.1) is 5.82 Å². The van der Waals surface area contributed by atoms with Crippen LogP contribution in [0.2, 0.25) is 0 Å². The highest BCUT2D eigenvalue weighted by atomic mass is 79.9. The van der Waals surface area contributed by atoms with Gasteiger partial charge in [0.25, 0.3) is 0 Å². The Hall–Kier alpha value is -1.73. The molecule has 2 rings (SSSR count). The molecule has 21 heavy (non-hydrogen) atoms. The average Bonchev–Trinajstić information content (AvgIpc) is 2.37. The molecule has 0 aliphatic heterocycles. The number of hydrogen-bond acceptors (Lipinski definition) is 3. The number of benzene rings is 2. The van der Waals surface area contributed by atoms with Crippen molar-refractivity contribution < 1.29 is 17.6 Å². The third-order valence-electron chi connectivity index (χ3n) is 2.62. The van der Waals surface area contributed by atoms with Crippen LogP contribution in [0.5, 0.6) is 0 Å². The second-order valence-corrected chi connectivity index (χ2v) is 7.01.